The van der Waals surface area contributed by atoms with Crippen LogP contribution in [0, 0.1) is 6.92 Å². The Labute approximate surface area is 95.1 Å². The predicted octanol–water partition coefficient (Wildman–Crippen LogP) is 2.65. The first-order chi connectivity index (χ1) is 7.31. The molecule has 1 aliphatic rings. The Morgan fingerprint density at radius 1 is 1.53 bits per heavy atom. The second-order valence-corrected chi connectivity index (χ2v) is 5.03. The zero-order valence-corrected chi connectivity index (χ0v) is 9.81. The molecule has 0 aromatic heterocycles. The molecule has 82 valence electrons. The minimum absolute atomic E-state index is 0.295. The highest BCUT2D eigenvalue weighted by Crippen LogP contribution is 2.36. The van der Waals surface area contributed by atoms with Crippen LogP contribution in [-0.2, 0) is 0 Å². The third kappa shape index (κ3) is 2.47. The van der Waals surface area contributed by atoms with E-state index in [4.69, 9.17) is 5.11 Å². The fraction of sp³-hybridized carbons (Fsp3) is 0.500. The fourth-order valence-corrected chi connectivity index (χ4v) is 3.05. The van der Waals surface area contributed by atoms with Crippen molar-refractivity contribution in [2.45, 2.75) is 30.7 Å². The van der Waals surface area contributed by atoms with Gasteiger partial charge in [0, 0.05) is 23.3 Å². The van der Waals surface area contributed by atoms with E-state index in [1.807, 2.05) is 11.8 Å². The molecule has 0 saturated heterocycles. The Morgan fingerprint density at radius 3 is 3.20 bits per heavy atom. The summed E-state index contributed by atoms with van der Waals surface area (Å²) in [5.41, 5.74) is 2.60. The molecule has 1 aromatic carbocycles. The van der Waals surface area contributed by atoms with Crippen molar-refractivity contribution in [2.24, 2.45) is 0 Å². The van der Waals surface area contributed by atoms with Crippen molar-refractivity contribution in [1.82, 2.24) is 0 Å². The number of fused-ring (bicyclic) bond motifs is 1. The largest absolute Gasteiger partial charge is 0.396 e. The SMILES string of the molecule is Cc1cccc2c1NC(CCCO)CS2. The lowest BCUT2D eigenvalue weighted by Crippen LogP contribution is -2.26. The van der Waals surface area contributed by atoms with Gasteiger partial charge < -0.3 is 10.4 Å². The van der Waals surface area contributed by atoms with Gasteiger partial charge in [0.15, 0.2) is 0 Å². The first-order valence-corrected chi connectivity index (χ1v) is 6.39. The lowest BCUT2D eigenvalue weighted by molar-refractivity contribution is 0.282. The van der Waals surface area contributed by atoms with E-state index in [2.05, 4.69) is 30.4 Å². The minimum Gasteiger partial charge on any atom is -0.396 e. The van der Waals surface area contributed by atoms with Crippen molar-refractivity contribution in [1.29, 1.82) is 0 Å². The van der Waals surface area contributed by atoms with Crippen LogP contribution in [0.5, 0.6) is 0 Å². The number of thioether (sulfide) groups is 1. The second kappa shape index (κ2) is 4.90. The number of rotatable bonds is 3. The summed E-state index contributed by atoms with van der Waals surface area (Å²) in [6, 6.07) is 6.93. The zero-order valence-electron chi connectivity index (χ0n) is 8.99. The number of nitrogens with one attached hydrogen (secondary N) is 1. The molecule has 0 saturated carbocycles. The van der Waals surface area contributed by atoms with Crippen LogP contribution in [0.2, 0.25) is 0 Å². The normalized spacial score (nSPS) is 19.5. The topological polar surface area (TPSA) is 32.3 Å². The molecule has 15 heavy (non-hydrogen) atoms. The number of hydrogen-bond acceptors (Lipinski definition) is 3. The van der Waals surface area contributed by atoms with Gasteiger partial charge in [-0.15, -0.1) is 11.8 Å². The molecule has 1 aliphatic heterocycles. The maximum atomic E-state index is 8.81. The quantitative estimate of drug-likeness (QED) is 0.826. The van der Waals surface area contributed by atoms with E-state index in [0.29, 0.717) is 12.6 Å². The van der Waals surface area contributed by atoms with Crippen molar-refractivity contribution in [2.75, 3.05) is 17.7 Å². The van der Waals surface area contributed by atoms with Crippen molar-refractivity contribution in [3.63, 3.8) is 0 Å². The first kappa shape index (κ1) is 10.8. The third-order valence-corrected chi connectivity index (χ3v) is 3.95. The van der Waals surface area contributed by atoms with E-state index in [0.717, 1.165) is 18.6 Å². The number of benzene rings is 1. The molecular weight excluding hydrogens is 206 g/mol. The molecule has 2 rings (SSSR count). The van der Waals surface area contributed by atoms with Gasteiger partial charge in [-0.1, -0.05) is 12.1 Å². The lowest BCUT2D eigenvalue weighted by atomic mass is 10.1. The molecule has 1 aromatic rings. The van der Waals surface area contributed by atoms with Crippen LogP contribution in [0.3, 0.4) is 0 Å². The summed E-state index contributed by atoms with van der Waals surface area (Å²) in [7, 11) is 0. The van der Waals surface area contributed by atoms with E-state index < -0.39 is 0 Å². The molecule has 0 amide bonds. The molecule has 0 fully saturated rings. The number of aryl methyl sites for hydroxylation is 1. The maximum Gasteiger partial charge on any atom is 0.0510 e. The van der Waals surface area contributed by atoms with Crippen LogP contribution in [0.15, 0.2) is 23.1 Å². The molecular formula is C12H17NOS. The zero-order chi connectivity index (χ0) is 10.7. The number of para-hydroxylation sites is 1. The summed E-state index contributed by atoms with van der Waals surface area (Å²) in [4.78, 5) is 1.36. The molecule has 1 heterocycles. The van der Waals surface area contributed by atoms with Gasteiger partial charge in [0.05, 0.1) is 5.69 Å². The van der Waals surface area contributed by atoms with Crippen LogP contribution in [0.1, 0.15) is 18.4 Å². The Kier molecular flexibility index (Phi) is 3.54. The smallest absolute Gasteiger partial charge is 0.0510 e. The Morgan fingerprint density at radius 2 is 2.40 bits per heavy atom. The van der Waals surface area contributed by atoms with Crippen molar-refractivity contribution in [3.05, 3.63) is 23.8 Å². The average Bonchev–Trinajstić information content (AvgIpc) is 2.27. The molecule has 0 aliphatic carbocycles. The molecule has 2 N–H and O–H groups in total. The predicted molar refractivity (Wildman–Crippen MR) is 65.6 cm³/mol. The highest BCUT2D eigenvalue weighted by molar-refractivity contribution is 7.99. The maximum absolute atomic E-state index is 8.81. The minimum atomic E-state index is 0.295. The summed E-state index contributed by atoms with van der Waals surface area (Å²) >= 11 is 1.92. The van der Waals surface area contributed by atoms with Crippen molar-refractivity contribution >= 4 is 17.4 Å². The Balaban J connectivity index is 2.08. The second-order valence-electron chi connectivity index (χ2n) is 3.97. The summed E-state index contributed by atoms with van der Waals surface area (Å²) in [6.45, 7) is 2.43. The van der Waals surface area contributed by atoms with Gasteiger partial charge in [-0.05, 0) is 31.4 Å². The van der Waals surface area contributed by atoms with Crippen LogP contribution < -0.4 is 5.32 Å². The van der Waals surface area contributed by atoms with E-state index in [1.165, 1.54) is 16.1 Å². The molecule has 1 atom stereocenters. The molecule has 0 radical (unpaired) electrons. The molecule has 1 unspecified atom stereocenters. The summed E-state index contributed by atoms with van der Waals surface area (Å²) in [5, 5.41) is 12.4. The molecule has 2 nitrogen and oxygen atoms in total. The van der Waals surface area contributed by atoms with Crippen LogP contribution in [0.25, 0.3) is 0 Å². The highest BCUT2D eigenvalue weighted by atomic mass is 32.2. The van der Waals surface area contributed by atoms with Crippen LogP contribution in [-0.4, -0.2) is 23.5 Å². The number of hydrogen-bond donors (Lipinski definition) is 2. The summed E-state index contributed by atoms with van der Waals surface area (Å²) in [6.07, 6.45) is 1.94. The van der Waals surface area contributed by atoms with Gasteiger partial charge in [-0.2, -0.15) is 0 Å². The highest BCUT2D eigenvalue weighted by Gasteiger charge is 2.18. The van der Waals surface area contributed by atoms with Crippen molar-refractivity contribution in [3.8, 4) is 0 Å². The van der Waals surface area contributed by atoms with Gasteiger partial charge in [-0.25, -0.2) is 0 Å². The van der Waals surface area contributed by atoms with Gasteiger partial charge in [-0.3, -0.25) is 0 Å². The summed E-state index contributed by atoms with van der Waals surface area (Å²) < 4.78 is 0. The van der Waals surface area contributed by atoms with Gasteiger partial charge >= 0.3 is 0 Å². The number of aliphatic hydroxyl groups is 1. The van der Waals surface area contributed by atoms with Crippen molar-refractivity contribution < 1.29 is 5.11 Å². The molecule has 0 spiro atoms. The molecule has 3 heteroatoms. The van der Waals surface area contributed by atoms with Crippen LogP contribution >= 0.6 is 11.8 Å². The van der Waals surface area contributed by atoms with Gasteiger partial charge in [0.2, 0.25) is 0 Å². The van der Waals surface area contributed by atoms with Gasteiger partial charge in [0.1, 0.15) is 0 Å². The summed E-state index contributed by atoms with van der Waals surface area (Å²) in [5.74, 6) is 1.11. The average molecular weight is 223 g/mol. The molecule has 0 bridgehead atoms. The Hall–Kier alpha value is -0.670. The van der Waals surface area contributed by atoms with E-state index >= 15 is 0 Å². The van der Waals surface area contributed by atoms with Crippen LogP contribution in [0.4, 0.5) is 5.69 Å². The number of aliphatic hydroxyl groups excluding tert-OH is 1. The van der Waals surface area contributed by atoms with E-state index in [-0.39, 0.29) is 0 Å². The Bertz CT molecular complexity index is 340. The third-order valence-electron chi connectivity index (χ3n) is 2.73. The van der Waals surface area contributed by atoms with E-state index in [1.54, 1.807) is 0 Å². The standard InChI is InChI=1S/C12H17NOS/c1-9-4-2-6-11-12(9)13-10(8-15-11)5-3-7-14/h2,4,6,10,13-14H,3,5,7-8H2,1H3. The number of anilines is 1. The van der Waals surface area contributed by atoms with Gasteiger partial charge in [0.25, 0.3) is 0 Å². The first-order valence-electron chi connectivity index (χ1n) is 5.41. The fourth-order valence-electron chi connectivity index (χ4n) is 1.88. The van der Waals surface area contributed by atoms with E-state index in [9.17, 15) is 0 Å². The lowest BCUT2D eigenvalue weighted by Gasteiger charge is -2.27. The monoisotopic (exact) mass is 223 g/mol.